The highest BCUT2D eigenvalue weighted by Crippen LogP contribution is 2.39. The molecule has 26 heavy (non-hydrogen) atoms. The van der Waals surface area contributed by atoms with Crippen molar-refractivity contribution >= 4 is 28.3 Å². The van der Waals surface area contributed by atoms with Gasteiger partial charge in [-0.3, -0.25) is 9.88 Å². The third kappa shape index (κ3) is 3.36. The van der Waals surface area contributed by atoms with Crippen LogP contribution in [-0.2, 0) is 5.75 Å². The number of nitrogens with zero attached hydrogens (tertiary/aromatic N) is 3. The van der Waals surface area contributed by atoms with E-state index in [0.717, 1.165) is 27.8 Å². The van der Waals surface area contributed by atoms with Gasteiger partial charge in [0.1, 0.15) is 0 Å². The van der Waals surface area contributed by atoms with Gasteiger partial charge >= 0.3 is 0 Å². The number of amidine groups is 1. The molecule has 0 radical (unpaired) electrons. The number of aliphatic hydroxyl groups excluding tert-OH is 1. The molecular weight excluding hydrogens is 342 g/mol. The van der Waals surface area contributed by atoms with Gasteiger partial charge in [-0.1, -0.05) is 48.2 Å². The minimum atomic E-state index is -0.765. The molecule has 1 N–H and O–H groups in total. The van der Waals surface area contributed by atoms with Gasteiger partial charge in [0, 0.05) is 23.2 Å². The third-order valence-corrected chi connectivity index (χ3v) is 5.22. The summed E-state index contributed by atoms with van der Waals surface area (Å²) >= 11 is 1.58. The summed E-state index contributed by atoms with van der Waals surface area (Å²) in [4.78, 5) is 11.1. The number of hydrogen-bond donors (Lipinski definition) is 1. The van der Waals surface area contributed by atoms with Crippen molar-refractivity contribution in [3.05, 3.63) is 89.7 Å². The van der Waals surface area contributed by atoms with Crippen LogP contribution in [0, 0.1) is 6.92 Å². The van der Waals surface area contributed by atoms with Gasteiger partial charge in [0.05, 0.1) is 11.4 Å². The van der Waals surface area contributed by atoms with Gasteiger partial charge in [0.15, 0.2) is 11.4 Å². The van der Waals surface area contributed by atoms with E-state index in [1.807, 2.05) is 71.8 Å². The zero-order chi connectivity index (χ0) is 17.9. The van der Waals surface area contributed by atoms with E-state index in [0.29, 0.717) is 5.75 Å². The molecule has 1 aliphatic heterocycles. The van der Waals surface area contributed by atoms with Gasteiger partial charge in [-0.25, -0.2) is 4.99 Å². The highest BCUT2D eigenvalue weighted by Gasteiger charge is 2.29. The molecule has 1 atom stereocenters. The van der Waals surface area contributed by atoms with Crippen LogP contribution in [0.3, 0.4) is 0 Å². The lowest BCUT2D eigenvalue weighted by Gasteiger charge is -2.34. The predicted molar refractivity (Wildman–Crippen MR) is 108 cm³/mol. The summed E-state index contributed by atoms with van der Waals surface area (Å²) in [6.07, 6.45) is 1.06. The Hall–Kier alpha value is -2.63. The summed E-state index contributed by atoms with van der Waals surface area (Å²) in [7, 11) is 0. The number of para-hydroxylation sites is 2. The number of aliphatic hydroxyl groups is 1. The molecule has 2 heterocycles. The second kappa shape index (κ2) is 7.32. The molecule has 0 fully saturated rings. The smallest absolute Gasteiger partial charge is 0.171 e. The van der Waals surface area contributed by atoms with Gasteiger partial charge < -0.3 is 5.11 Å². The maximum absolute atomic E-state index is 11.0. The number of anilines is 1. The first kappa shape index (κ1) is 16.8. The van der Waals surface area contributed by atoms with Crippen molar-refractivity contribution in [2.24, 2.45) is 4.99 Å². The average molecular weight is 361 g/mol. The Morgan fingerprint density at radius 1 is 1.04 bits per heavy atom. The Kier molecular flexibility index (Phi) is 4.73. The van der Waals surface area contributed by atoms with Crippen molar-refractivity contribution in [3.8, 4) is 0 Å². The van der Waals surface area contributed by atoms with Crippen molar-refractivity contribution in [2.45, 2.75) is 18.9 Å². The zero-order valence-corrected chi connectivity index (χ0v) is 15.2. The molecule has 0 aliphatic carbocycles. The summed E-state index contributed by atoms with van der Waals surface area (Å²) in [5, 5.41) is 11.8. The molecule has 3 aromatic rings. The van der Waals surface area contributed by atoms with E-state index in [4.69, 9.17) is 4.99 Å². The summed E-state index contributed by atoms with van der Waals surface area (Å²) in [5.41, 5.74) is 4.73. The largest absolute Gasteiger partial charge is 0.369 e. The number of fused-ring (bicyclic) bond motifs is 1. The molecule has 0 saturated carbocycles. The summed E-state index contributed by atoms with van der Waals surface area (Å²) in [6.45, 7) is 2.06. The van der Waals surface area contributed by atoms with Crippen molar-refractivity contribution in [3.63, 3.8) is 0 Å². The lowest BCUT2D eigenvalue weighted by molar-refractivity contribution is 0.187. The number of hydrogen-bond acceptors (Lipinski definition) is 5. The number of rotatable bonds is 3. The molecular formula is C21H19N3OS. The SMILES string of the molecule is Cc1ccnc(CSC2=Nc3ccccc3C(O)N2c2ccccc2)c1. The third-order valence-electron chi connectivity index (χ3n) is 4.24. The Morgan fingerprint density at radius 2 is 1.81 bits per heavy atom. The van der Waals surface area contributed by atoms with Crippen LogP contribution < -0.4 is 4.90 Å². The monoisotopic (exact) mass is 361 g/mol. The van der Waals surface area contributed by atoms with Crippen LogP contribution in [0.15, 0.2) is 77.9 Å². The van der Waals surface area contributed by atoms with Crippen molar-refractivity contribution in [1.82, 2.24) is 4.98 Å². The normalized spacial score (nSPS) is 16.2. The lowest BCUT2D eigenvalue weighted by Crippen LogP contribution is -2.35. The quantitative estimate of drug-likeness (QED) is 0.726. The van der Waals surface area contributed by atoms with Crippen molar-refractivity contribution in [1.29, 1.82) is 0 Å². The van der Waals surface area contributed by atoms with Crippen LogP contribution in [-0.4, -0.2) is 15.3 Å². The highest BCUT2D eigenvalue weighted by atomic mass is 32.2. The van der Waals surface area contributed by atoms with Crippen molar-refractivity contribution < 1.29 is 5.11 Å². The summed E-state index contributed by atoms with van der Waals surface area (Å²) < 4.78 is 0. The minimum absolute atomic E-state index is 0.693. The Bertz CT molecular complexity index is 943. The van der Waals surface area contributed by atoms with Crippen LogP contribution >= 0.6 is 11.8 Å². The van der Waals surface area contributed by atoms with Crippen LogP contribution in [0.4, 0.5) is 11.4 Å². The van der Waals surface area contributed by atoms with E-state index < -0.39 is 6.23 Å². The first-order valence-electron chi connectivity index (χ1n) is 8.47. The second-order valence-electron chi connectivity index (χ2n) is 6.15. The Labute approximate surface area is 157 Å². The fourth-order valence-corrected chi connectivity index (χ4v) is 3.91. The molecule has 0 amide bonds. The molecule has 4 rings (SSSR count). The van der Waals surface area contributed by atoms with E-state index in [9.17, 15) is 5.11 Å². The van der Waals surface area contributed by atoms with Gasteiger partial charge in [-0.15, -0.1) is 0 Å². The molecule has 1 aliphatic rings. The van der Waals surface area contributed by atoms with E-state index in [1.54, 1.807) is 11.8 Å². The topological polar surface area (TPSA) is 48.7 Å². The number of pyridine rings is 1. The maximum Gasteiger partial charge on any atom is 0.171 e. The molecule has 5 heteroatoms. The van der Waals surface area contributed by atoms with E-state index in [-0.39, 0.29) is 0 Å². The molecule has 4 nitrogen and oxygen atoms in total. The van der Waals surface area contributed by atoms with Gasteiger partial charge in [-0.2, -0.15) is 0 Å². The number of thioether (sulfide) groups is 1. The van der Waals surface area contributed by atoms with E-state index >= 15 is 0 Å². The minimum Gasteiger partial charge on any atom is -0.369 e. The highest BCUT2D eigenvalue weighted by molar-refractivity contribution is 8.13. The van der Waals surface area contributed by atoms with E-state index in [1.165, 1.54) is 5.56 Å². The molecule has 0 spiro atoms. The van der Waals surface area contributed by atoms with Crippen LogP contribution in [0.25, 0.3) is 0 Å². The molecule has 0 bridgehead atoms. The number of aryl methyl sites for hydroxylation is 1. The standard InChI is InChI=1S/C21H19N3OS/c1-15-11-12-22-16(13-15)14-26-21-23-19-10-6-5-9-18(19)20(25)24(21)17-7-3-2-4-8-17/h2-13,20,25H,14H2,1H3. The molecule has 1 aromatic heterocycles. The van der Waals surface area contributed by atoms with Crippen LogP contribution in [0.1, 0.15) is 23.0 Å². The maximum atomic E-state index is 11.0. The van der Waals surface area contributed by atoms with E-state index in [2.05, 4.69) is 18.0 Å². The average Bonchev–Trinajstić information content (AvgIpc) is 2.67. The fourth-order valence-electron chi connectivity index (χ4n) is 2.97. The molecule has 0 saturated heterocycles. The zero-order valence-electron chi connectivity index (χ0n) is 14.4. The number of benzene rings is 2. The van der Waals surface area contributed by atoms with Gasteiger partial charge in [0.25, 0.3) is 0 Å². The molecule has 2 aromatic carbocycles. The number of aromatic nitrogens is 1. The number of aliphatic imine (C=N–C) groups is 1. The Balaban J connectivity index is 1.69. The van der Waals surface area contributed by atoms with Gasteiger partial charge in [-0.05, 0) is 42.8 Å². The second-order valence-corrected chi connectivity index (χ2v) is 7.09. The molecule has 130 valence electrons. The first-order valence-corrected chi connectivity index (χ1v) is 9.45. The summed E-state index contributed by atoms with van der Waals surface area (Å²) in [6, 6.07) is 21.7. The summed E-state index contributed by atoms with van der Waals surface area (Å²) in [5.74, 6) is 0.693. The van der Waals surface area contributed by atoms with Gasteiger partial charge in [0.2, 0.25) is 0 Å². The van der Waals surface area contributed by atoms with Crippen LogP contribution in [0.2, 0.25) is 0 Å². The van der Waals surface area contributed by atoms with Crippen LogP contribution in [0.5, 0.6) is 0 Å². The predicted octanol–water partition coefficient (Wildman–Crippen LogP) is 4.82. The lowest BCUT2D eigenvalue weighted by atomic mass is 10.1. The van der Waals surface area contributed by atoms with Crippen molar-refractivity contribution in [2.75, 3.05) is 4.90 Å². The fraction of sp³-hybridized carbons (Fsp3) is 0.143. The Morgan fingerprint density at radius 3 is 2.62 bits per heavy atom. The first-order chi connectivity index (χ1) is 12.7. The molecule has 1 unspecified atom stereocenters.